The van der Waals surface area contributed by atoms with Gasteiger partial charge in [0.15, 0.2) is 5.11 Å². The summed E-state index contributed by atoms with van der Waals surface area (Å²) in [6.07, 6.45) is 0. The molecule has 22 heavy (non-hydrogen) atoms. The van der Waals surface area contributed by atoms with Crippen LogP contribution in [0.3, 0.4) is 0 Å². The number of halogens is 1. The lowest BCUT2D eigenvalue weighted by molar-refractivity contribution is -0.117. The van der Waals surface area contributed by atoms with Gasteiger partial charge in [-0.1, -0.05) is 24.6 Å². The minimum Gasteiger partial charge on any atom is -0.366 e. The van der Waals surface area contributed by atoms with Crippen molar-refractivity contribution in [2.24, 2.45) is 0 Å². The minimum absolute atomic E-state index is 0.197. The molecule has 0 aromatic heterocycles. The van der Waals surface area contributed by atoms with E-state index in [0.717, 1.165) is 44.1 Å². The molecule has 120 valence electrons. The zero-order chi connectivity index (χ0) is 16.1. The fraction of sp³-hybridized carbons (Fsp3) is 0.467. The van der Waals surface area contributed by atoms with Crippen molar-refractivity contribution in [3.63, 3.8) is 0 Å². The van der Waals surface area contributed by atoms with Crippen LogP contribution in [0.25, 0.3) is 0 Å². The molecule has 0 saturated carbocycles. The van der Waals surface area contributed by atoms with E-state index in [2.05, 4.69) is 27.4 Å². The number of thiocarbonyl (C=S) groups is 1. The van der Waals surface area contributed by atoms with Gasteiger partial charge in [0.25, 0.3) is 0 Å². The Morgan fingerprint density at radius 3 is 2.59 bits per heavy atom. The molecule has 5 nitrogen and oxygen atoms in total. The molecule has 1 saturated heterocycles. The second-order valence-electron chi connectivity index (χ2n) is 5.19. The number of anilines is 2. The molecule has 1 fully saturated rings. The Labute approximate surface area is 141 Å². The smallest absolute Gasteiger partial charge is 0.222 e. The lowest BCUT2D eigenvalue weighted by atomic mass is 10.2. The van der Waals surface area contributed by atoms with E-state index in [1.807, 2.05) is 18.2 Å². The van der Waals surface area contributed by atoms with E-state index in [-0.39, 0.29) is 11.0 Å². The van der Waals surface area contributed by atoms with E-state index in [9.17, 15) is 4.79 Å². The maximum absolute atomic E-state index is 11.1. The van der Waals surface area contributed by atoms with Gasteiger partial charge in [0.1, 0.15) is 0 Å². The molecule has 1 aliphatic heterocycles. The number of hydrogen-bond donors (Lipinski definition) is 2. The Bertz CT molecular complexity index is 558. The number of likely N-dealkylation sites (N-methyl/N-ethyl adjacent to an activating group) is 1. The van der Waals surface area contributed by atoms with Crippen LogP contribution in [0.1, 0.15) is 13.8 Å². The molecule has 0 radical (unpaired) electrons. The first-order chi connectivity index (χ1) is 10.5. The van der Waals surface area contributed by atoms with Crippen molar-refractivity contribution in [2.75, 3.05) is 42.9 Å². The molecule has 0 atom stereocenters. The number of nitrogens with one attached hydrogen (secondary N) is 2. The second-order valence-corrected chi connectivity index (χ2v) is 6.01. The molecule has 0 spiro atoms. The Morgan fingerprint density at radius 1 is 1.32 bits per heavy atom. The van der Waals surface area contributed by atoms with E-state index in [4.69, 9.17) is 23.8 Å². The highest BCUT2D eigenvalue weighted by molar-refractivity contribution is 7.80. The summed E-state index contributed by atoms with van der Waals surface area (Å²) in [6.45, 7) is 8.52. The number of carbonyl (C=O) groups excluding carboxylic acids is 1. The van der Waals surface area contributed by atoms with Gasteiger partial charge in [-0.25, -0.2) is 0 Å². The molecule has 0 aliphatic carbocycles. The number of nitrogens with zero attached hydrogens (tertiary/aromatic N) is 2. The molecule has 1 aromatic rings. The summed E-state index contributed by atoms with van der Waals surface area (Å²) in [6, 6.07) is 5.66. The Morgan fingerprint density at radius 2 is 2.00 bits per heavy atom. The molecular formula is C15H21ClN4OS. The first-order valence-corrected chi connectivity index (χ1v) is 8.14. The van der Waals surface area contributed by atoms with Crippen molar-refractivity contribution in [3.8, 4) is 0 Å². The molecule has 1 heterocycles. The van der Waals surface area contributed by atoms with Gasteiger partial charge in [0.05, 0.1) is 16.4 Å². The van der Waals surface area contributed by atoms with Crippen LogP contribution in [0.15, 0.2) is 18.2 Å². The predicted molar refractivity (Wildman–Crippen MR) is 95.8 cm³/mol. The summed E-state index contributed by atoms with van der Waals surface area (Å²) in [5.74, 6) is -0.197. The first-order valence-electron chi connectivity index (χ1n) is 7.35. The first kappa shape index (κ1) is 17.0. The van der Waals surface area contributed by atoms with Gasteiger partial charge in [-0.2, -0.15) is 0 Å². The molecule has 0 bridgehead atoms. The zero-order valence-corrected chi connectivity index (χ0v) is 14.4. The highest BCUT2D eigenvalue weighted by Crippen LogP contribution is 2.34. The van der Waals surface area contributed by atoms with Crippen molar-refractivity contribution < 1.29 is 4.79 Å². The van der Waals surface area contributed by atoms with E-state index >= 15 is 0 Å². The zero-order valence-electron chi connectivity index (χ0n) is 12.9. The third-order valence-electron chi connectivity index (χ3n) is 3.66. The minimum atomic E-state index is -0.197. The van der Waals surface area contributed by atoms with Crippen molar-refractivity contribution >= 4 is 46.2 Å². The summed E-state index contributed by atoms with van der Waals surface area (Å²) < 4.78 is 0. The maximum atomic E-state index is 11.1. The van der Waals surface area contributed by atoms with Crippen LogP contribution in [0.4, 0.5) is 11.4 Å². The van der Waals surface area contributed by atoms with E-state index in [1.54, 1.807) is 0 Å². The Balaban J connectivity index is 2.16. The number of piperazine rings is 1. The maximum Gasteiger partial charge on any atom is 0.222 e. The standard InChI is InChI=1S/C15H21ClN4OS/c1-3-19-7-9-20(10-8-19)14-12(16)5-4-6-13(14)18-15(22)17-11(2)21/h4-6H,3,7-10H2,1-2H3,(H2,17,18,21,22). The number of amides is 1. The molecule has 1 aromatic carbocycles. The van der Waals surface area contributed by atoms with Crippen molar-refractivity contribution in [1.82, 2.24) is 10.2 Å². The summed E-state index contributed by atoms with van der Waals surface area (Å²) in [5.41, 5.74) is 1.75. The third kappa shape index (κ3) is 4.32. The topological polar surface area (TPSA) is 47.6 Å². The fourth-order valence-corrected chi connectivity index (χ4v) is 3.09. The third-order valence-corrected chi connectivity index (χ3v) is 4.17. The monoisotopic (exact) mass is 340 g/mol. The molecule has 1 aliphatic rings. The molecule has 7 heteroatoms. The highest BCUT2D eigenvalue weighted by atomic mass is 35.5. The number of para-hydroxylation sites is 1. The van der Waals surface area contributed by atoms with Gasteiger partial charge in [0.2, 0.25) is 5.91 Å². The SMILES string of the molecule is CCN1CCN(c2c(Cl)cccc2NC(=S)NC(C)=O)CC1. The number of benzene rings is 1. The lowest BCUT2D eigenvalue weighted by Crippen LogP contribution is -2.46. The van der Waals surface area contributed by atoms with Crippen LogP contribution in [0.2, 0.25) is 5.02 Å². The Hall–Kier alpha value is -1.37. The van der Waals surface area contributed by atoms with Crippen LogP contribution < -0.4 is 15.5 Å². The van der Waals surface area contributed by atoms with Gasteiger partial charge in [0, 0.05) is 33.1 Å². The fourth-order valence-electron chi connectivity index (χ4n) is 2.54. The van der Waals surface area contributed by atoms with Crippen molar-refractivity contribution in [3.05, 3.63) is 23.2 Å². The quantitative estimate of drug-likeness (QED) is 0.827. The largest absolute Gasteiger partial charge is 0.366 e. The van der Waals surface area contributed by atoms with Gasteiger partial charge in [-0.05, 0) is 30.9 Å². The van der Waals surface area contributed by atoms with Crippen LogP contribution >= 0.6 is 23.8 Å². The highest BCUT2D eigenvalue weighted by Gasteiger charge is 2.20. The molecule has 2 N–H and O–H groups in total. The lowest BCUT2D eigenvalue weighted by Gasteiger charge is -2.36. The number of carbonyl (C=O) groups is 1. The van der Waals surface area contributed by atoms with E-state index in [1.165, 1.54) is 6.92 Å². The van der Waals surface area contributed by atoms with Gasteiger partial charge in [-0.3, -0.25) is 4.79 Å². The van der Waals surface area contributed by atoms with Gasteiger partial charge < -0.3 is 20.4 Å². The van der Waals surface area contributed by atoms with E-state index in [0.29, 0.717) is 5.02 Å². The van der Waals surface area contributed by atoms with Gasteiger partial charge in [-0.15, -0.1) is 0 Å². The normalized spacial score (nSPS) is 15.5. The summed E-state index contributed by atoms with van der Waals surface area (Å²) >= 11 is 11.5. The molecule has 2 rings (SSSR count). The van der Waals surface area contributed by atoms with Crippen molar-refractivity contribution in [2.45, 2.75) is 13.8 Å². The average molecular weight is 341 g/mol. The van der Waals surface area contributed by atoms with E-state index < -0.39 is 0 Å². The molecular weight excluding hydrogens is 320 g/mol. The summed E-state index contributed by atoms with van der Waals surface area (Å²) in [4.78, 5) is 15.7. The predicted octanol–water partition coefficient (Wildman–Crippen LogP) is 2.31. The molecule has 1 amide bonds. The van der Waals surface area contributed by atoms with Crippen LogP contribution in [0, 0.1) is 0 Å². The van der Waals surface area contributed by atoms with Crippen LogP contribution in [0.5, 0.6) is 0 Å². The number of hydrogen-bond acceptors (Lipinski definition) is 4. The summed E-state index contributed by atoms with van der Waals surface area (Å²) in [7, 11) is 0. The van der Waals surface area contributed by atoms with Gasteiger partial charge >= 0.3 is 0 Å². The summed E-state index contributed by atoms with van der Waals surface area (Å²) in [5, 5.41) is 6.60. The van der Waals surface area contributed by atoms with Crippen molar-refractivity contribution in [1.29, 1.82) is 0 Å². The van der Waals surface area contributed by atoms with Crippen LogP contribution in [-0.2, 0) is 4.79 Å². The molecule has 0 unspecified atom stereocenters. The second kappa shape index (κ2) is 7.76. The number of rotatable bonds is 3. The average Bonchev–Trinajstić information content (AvgIpc) is 2.47. The van der Waals surface area contributed by atoms with Crippen LogP contribution in [-0.4, -0.2) is 48.6 Å². The Kier molecular flexibility index (Phi) is 5.99.